The van der Waals surface area contributed by atoms with Gasteiger partial charge in [-0.1, -0.05) is 11.6 Å². The normalized spacial score (nSPS) is 11.5. The zero-order valence-corrected chi connectivity index (χ0v) is 15.4. The molecule has 0 unspecified atom stereocenters. The van der Waals surface area contributed by atoms with Crippen molar-refractivity contribution in [3.63, 3.8) is 0 Å². The number of aromatic nitrogens is 3. The van der Waals surface area contributed by atoms with E-state index in [1.165, 1.54) is 6.07 Å². The van der Waals surface area contributed by atoms with Crippen LogP contribution >= 0.6 is 27.5 Å². The average Bonchev–Trinajstić information content (AvgIpc) is 2.50. The Kier molecular flexibility index (Phi) is 5.94. The number of nitrogens with zero attached hydrogens (tertiary/aromatic N) is 3. The molecule has 0 aliphatic carbocycles. The lowest BCUT2D eigenvalue weighted by Gasteiger charge is -2.13. The van der Waals surface area contributed by atoms with Gasteiger partial charge in [0, 0.05) is 6.07 Å². The van der Waals surface area contributed by atoms with Gasteiger partial charge in [0.15, 0.2) is 22.7 Å². The number of aryl methyl sites for hydroxylation is 2. The van der Waals surface area contributed by atoms with E-state index in [9.17, 15) is 18.3 Å². The van der Waals surface area contributed by atoms with Gasteiger partial charge < -0.3 is 15.2 Å². The van der Waals surface area contributed by atoms with Crippen molar-refractivity contribution in [2.24, 2.45) is 0 Å². The minimum Gasteiger partial charge on any atom is -0.502 e. The second kappa shape index (κ2) is 7.61. The molecule has 2 rings (SSSR count). The van der Waals surface area contributed by atoms with Crippen LogP contribution in [0, 0.1) is 13.8 Å². The topological polar surface area (TPSA) is 80.2 Å². The first-order valence-electron chi connectivity index (χ1n) is 6.89. The van der Waals surface area contributed by atoms with E-state index in [2.05, 4.69) is 40.9 Å². The third kappa shape index (κ3) is 5.33. The Morgan fingerprint density at radius 3 is 2.60 bits per heavy atom. The first-order chi connectivity index (χ1) is 11.6. The van der Waals surface area contributed by atoms with Gasteiger partial charge >= 0.3 is 6.18 Å². The van der Waals surface area contributed by atoms with Crippen molar-refractivity contribution in [3.8, 4) is 11.5 Å². The lowest BCUT2D eigenvalue weighted by atomic mass is 10.3. The highest BCUT2D eigenvalue weighted by Crippen LogP contribution is 2.34. The smallest absolute Gasteiger partial charge is 0.422 e. The highest BCUT2D eigenvalue weighted by molar-refractivity contribution is 9.10. The average molecular weight is 442 g/mol. The number of nitrogens with one attached hydrogen (secondary N) is 1. The van der Waals surface area contributed by atoms with E-state index in [1.54, 1.807) is 13.8 Å². The summed E-state index contributed by atoms with van der Waals surface area (Å²) in [5.74, 6) is 0.0331. The Labute approximate surface area is 154 Å². The summed E-state index contributed by atoms with van der Waals surface area (Å²) < 4.78 is 41.4. The molecule has 25 heavy (non-hydrogen) atoms. The molecule has 0 saturated carbocycles. The van der Waals surface area contributed by atoms with Crippen LogP contribution in [0.5, 0.6) is 11.5 Å². The van der Waals surface area contributed by atoms with E-state index < -0.39 is 18.5 Å². The molecule has 6 nitrogen and oxygen atoms in total. The van der Waals surface area contributed by atoms with E-state index in [1.807, 2.05) is 0 Å². The van der Waals surface area contributed by atoms with Crippen LogP contribution in [0.3, 0.4) is 0 Å². The highest BCUT2D eigenvalue weighted by Gasteiger charge is 2.29. The molecule has 2 heterocycles. The van der Waals surface area contributed by atoms with Gasteiger partial charge in [-0.3, -0.25) is 0 Å². The summed E-state index contributed by atoms with van der Waals surface area (Å²) in [5, 5.41) is 13.0. The third-order valence-electron chi connectivity index (χ3n) is 2.93. The maximum absolute atomic E-state index is 12.3. The fourth-order valence-electron chi connectivity index (χ4n) is 1.88. The molecule has 0 atom stereocenters. The van der Waals surface area contributed by atoms with Crippen molar-refractivity contribution in [2.75, 3.05) is 11.9 Å². The van der Waals surface area contributed by atoms with Crippen LogP contribution in [0.15, 0.2) is 10.7 Å². The SMILES string of the molecule is Cc1nc(C)c(Cl)c(NCc2cc(OCC(F)(F)F)c(O)c(Br)n2)n1. The van der Waals surface area contributed by atoms with Crippen LogP contribution in [-0.4, -0.2) is 32.8 Å². The molecule has 0 amide bonds. The van der Waals surface area contributed by atoms with Crippen molar-refractivity contribution >= 4 is 33.3 Å². The summed E-state index contributed by atoms with van der Waals surface area (Å²) in [6.45, 7) is 1.99. The number of alkyl halides is 3. The molecular weight excluding hydrogens is 429 g/mol. The van der Waals surface area contributed by atoms with E-state index in [-0.39, 0.29) is 16.9 Å². The van der Waals surface area contributed by atoms with Gasteiger partial charge in [0.05, 0.1) is 17.9 Å². The van der Waals surface area contributed by atoms with Gasteiger partial charge in [-0.05, 0) is 29.8 Å². The Hall–Kier alpha value is -1.81. The lowest BCUT2D eigenvalue weighted by Crippen LogP contribution is -2.19. The van der Waals surface area contributed by atoms with Crippen LogP contribution in [0.2, 0.25) is 5.02 Å². The van der Waals surface area contributed by atoms with Gasteiger partial charge in [-0.25, -0.2) is 15.0 Å². The molecule has 2 aromatic rings. The van der Waals surface area contributed by atoms with Gasteiger partial charge in [0.2, 0.25) is 0 Å². The number of hydrogen-bond donors (Lipinski definition) is 2. The largest absolute Gasteiger partial charge is 0.502 e. The first-order valence-corrected chi connectivity index (χ1v) is 8.06. The molecule has 0 saturated heterocycles. The Balaban J connectivity index is 2.19. The number of anilines is 1. The van der Waals surface area contributed by atoms with Crippen molar-refractivity contribution in [1.29, 1.82) is 0 Å². The molecule has 0 spiro atoms. The van der Waals surface area contributed by atoms with Crippen LogP contribution in [0.1, 0.15) is 17.2 Å². The van der Waals surface area contributed by atoms with E-state index in [0.29, 0.717) is 28.1 Å². The lowest BCUT2D eigenvalue weighted by molar-refractivity contribution is -0.153. The molecule has 0 aromatic carbocycles. The Morgan fingerprint density at radius 1 is 1.28 bits per heavy atom. The molecule has 0 bridgehead atoms. The molecule has 0 radical (unpaired) electrons. The predicted molar refractivity (Wildman–Crippen MR) is 89.0 cm³/mol. The fourth-order valence-corrected chi connectivity index (χ4v) is 2.46. The third-order valence-corrected chi connectivity index (χ3v) is 3.93. The number of pyridine rings is 1. The monoisotopic (exact) mass is 440 g/mol. The fraction of sp³-hybridized carbons (Fsp3) is 0.357. The van der Waals surface area contributed by atoms with Crippen LogP contribution in [-0.2, 0) is 6.54 Å². The molecule has 2 N–H and O–H groups in total. The van der Waals surface area contributed by atoms with Crippen molar-refractivity contribution in [3.05, 3.63) is 32.9 Å². The van der Waals surface area contributed by atoms with Crippen molar-refractivity contribution in [2.45, 2.75) is 26.6 Å². The van der Waals surface area contributed by atoms with Gasteiger partial charge in [0.1, 0.15) is 16.7 Å². The zero-order chi connectivity index (χ0) is 18.8. The van der Waals surface area contributed by atoms with Gasteiger partial charge in [0.25, 0.3) is 0 Å². The number of rotatable bonds is 5. The molecule has 11 heteroatoms. The van der Waals surface area contributed by atoms with Crippen LogP contribution < -0.4 is 10.1 Å². The first kappa shape index (κ1) is 19.5. The Bertz CT molecular complexity index is 790. The van der Waals surface area contributed by atoms with Crippen LogP contribution in [0.25, 0.3) is 0 Å². The summed E-state index contributed by atoms with van der Waals surface area (Å²) in [6, 6.07) is 1.20. The van der Waals surface area contributed by atoms with Gasteiger partial charge in [-0.2, -0.15) is 13.2 Å². The summed E-state index contributed by atoms with van der Waals surface area (Å²) >= 11 is 9.09. The van der Waals surface area contributed by atoms with Crippen molar-refractivity contribution in [1.82, 2.24) is 15.0 Å². The molecule has 2 aromatic heterocycles. The maximum atomic E-state index is 12.3. The summed E-state index contributed by atoms with van der Waals surface area (Å²) in [5.41, 5.74) is 0.901. The predicted octanol–water partition coefficient (Wildman–Crippen LogP) is 4.16. The second-order valence-corrected chi connectivity index (χ2v) is 6.16. The second-order valence-electron chi connectivity index (χ2n) is 5.03. The Morgan fingerprint density at radius 2 is 1.96 bits per heavy atom. The highest BCUT2D eigenvalue weighted by atomic mass is 79.9. The zero-order valence-electron chi connectivity index (χ0n) is 13.1. The quantitative estimate of drug-likeness (QED) is 0.678. The van der Waals surface area contributed by atoms with E-state index in [0.717, 1.165) is 0 Å². The van der Waals surface area contributed by atoms with E-state index in [4.69, 9.17) is 11.6 Å². The minimum absolute atomic E-state index is 0.0369. The molecule has 136 valence electrons. The van der Waals surface area contributed by atoms with Gasteiger partial charge in [-0.15, -0.1) is 0 Å². The van der Waals surface area contributed by atoms with Crippen molar-refractivity contribution < 1.29 is 23.0 Å². The molecular formula is C14H13BrClF3N4O2. The van der Waals surface area contributed by atoms with Crippen LogP contribution in [0.4, 0.5) is 19.0 Å². The number of halogens is 5. The summed E-state index contributed by atoms with van der Waals surface area (Å²) in [7, 11) is 0. The minimum atomic E-state index is -4.52. The number of hydrogen-bond acceptors (Lipinski definition) is 6. The summed E-state index contributed by atoms with van der Waals surface area (Å²) in [4.78, 5) is 12.3. The maximum Gasteiger partial charge on any atom is 0.422 e. The number of aromatic hydroxyl groups is 1. The molecule has 0 aliphatic rings. The standard InChI is InChI=1S/C14H13BrClF3N4O2/c1-6-10(16)13(22-7(2)21-6)20-4-8-3-9(11(24)12(15)23-8)25-5-14(17,18)19/h3,24H,4-5H2,1-2H3,(H,20,21,22). The number of ether oxygens (including phenoxy) is 1. The molecule has 0 fully saturated rings. The van der Waals surface area contributed by atoms with E-state index >= 15 is 0 Å². The molecule has 0 aliphatic heterocycles. The summed E-state index contributed by atoms with van der Waals surface area (Å²) in [6.07, 6.45) is -4.52.